The number of H-pyrrole nitrogens is 6. The quantitative estimate of drug-likeness (QED) is 0.0435. The molecule has 9 aromatic heterocycles. The number of hydrogen-bond acceptors (Lipinski definition) is 18. The number of aryl methyl sites for hydroxylation is 9. The zero-order valence-corrected chi connectivity index (χ0v) is 70.4. The normalized spacial score (nSPS) is 12.9. The molecule has 0 unspecified atom stereocenters. The molecule has 598 valence electrons. The molecule has 0 aliphatic carbocycles. The van der Waals surface area contributed by atoms with Gasteiger partial charge >= 0.3 is 44.8 Å². The molecule has 24 nitrogen and oxygen atoms in total. The zero-order valence-electron chi connectivity index (χ0n) is 66.1. The fourth-order valence-corrected chi connectivity index (χ4v) is 15.3. The summed E-state index contributed by atoms with van der Waals surface area (Å²) in [6.07, 6.45) is 6.99. The van der Waals surface area contributed by atoms with E-state index in [4.69, 9.17) is 29.9 Å². The average molecular weight is 1920 g/mol. The van der Waals surface area contributed by atoms with Gasteiger partial charge in [0.1, 0.15) is 0 Å². The molecule has 0 radical (unpaired) electrons. The maximum absolute atomic E-state index is 11.3. The second kappa shape index (κ2) is 35.5. The van der Waals surface area contributed by atoms with E-state index < -0.39 is 35.8 Å². The summed E-state index contributed by atoms with van der Waals surface area (Å²) < 4.78 is 0. The summed E-state index contributed by atoms with van der Waals surface area (Å²) in [4.78, 5) is 118. The first-order valence-electron chi connectivity index (χ1n) is 37.8. The van der Waals surface area contributed by atoms with Gasteiger partial charge in [-0.2, -0.15) is 0 Å². The maximum atomic E-state index is 11.3. The number of fused-ring (bicyclic) bond motifs is 24. The number of aromatic amines is 6. The van der Waals surface area contributed by atoms with E-state index in [1.165, 1.54) is 0 Å². The van der Waals surface area contributed by atoms with E-state index in [2.05, 4.69) is 48.1 Å². The van der Waals surface area contributed by atoms with Crippen LogP contribution in [0.1, 0.15) is 218 Å². The predicted molar refractivity (Wildman–Crippen MR) is 432 cm³/mol. The van der Waals surface area contributed by atoms with Crippen molar-refractivity contribution in [3.8, 4) is 0 Å². The van der Waals surface area contributed by atoms with Gasteiger partial charge in [-0.1, -0.05) is 0 Å². The number of carboxylic acids is 6. The van der Waals surface area contributed by atoms with Crippen molar-refractivity contribution in [2.75, 3.05) is 0 Å². The number of aromatic nitrogens is 12. The van der Waals surface area contributed by atoms with Crippen molar-refractivity contribution in [1.82, 2.24) is 59.8 Å². The van der Waals surface area contributed by atoms with E-state index in [1.54, 1.807) is 0 Å². The smallest absolute Gasteiger partial charge is 0.550 e. The number of carbonyl (C=O) groups is 6. The van der Waals surface area contributed by atoms with Crippen LogP contribution in [0.2, 0.25) is 0 Å². The van der Waals surface area contributed by atoms with Crippen LogP contribution >= 0.6 is 0 Å². The second-order valence-corrected chi connectivity index (χ2v) is 29.8. The van der Waals surface area contributed by atoms with E-state index >= 15 is 0 Å². The molecule has 0 saturated heterocycles. The second-order valence-electron chi connectivity index (χ2n) is 29.8. The Morgan fingerprint density at radius 3 is 0.733 bits per heavy atom. The summed E-state index contributed by atoms with van der Waals surface area (Å²) in [6, 6.07) is 29.6. The van der Waals surface area contributed by atoms with Gasteiger partial charge in [-0.15, -0.1) is 0 Å². The van der Waals surface area contributed by atoms with Gasteiger partial charge < -0.3 is 89.3 Å². The van der Waals surface area contributed by atoms with Crippen molar-refractivity contribution in [1.29, 1.82) is 0 Å². The number of rotatable bonds is 18. The Morgan fingerprint density at radius 2 is 0.491 bits per heavy atom. The minimum Gasteiger partial charge on any atom is -0.550 e. The third-order valence-electron chi connectivity index (χ3n) is 21.7. The van der Waals surface area contributed by atoms with Gasteiger partial charge in [-0.25, -0.2) is 29.9 Å². The van der Waals surface area contributed by atoms with Crippen molar-refractivity contribution >= 4 is 170 Å². The number of carbonyl (C=O) groups excluding carboxylic acids is 6. The minimum atomic E-state index is -1.13. The Hall–Kier alpha value is -11.9. The van der Waals surface area contributed by atoms with E-state index in [1.807, 2.05) is 174 Å². The van der Waals surface area contributed by atoms with Crippen LogP contribution in [0.4, 0.5) is 0 Å². The number of carboxylic acid groups (broad SMARTS) is 6. The molecule has 15 rings (SSSR count). The summed E-state index contributed by atoms with van der Waals surface area (Å²) in [5, 5.41) is 67.8. The number of nitrogens with zero attached hydrogens (tertiary/aromatic N) is 6. The van der Waals surface area contributed by atoms with Gasteiger partial charge in [-0.3, -0.25) is 0 Å². The first kappa shape index (κ1) is 85.0. The molecule has 0 atom stereocenters. The molecule has 0 amide bonds. The molecule has 6 aliphatic rings. The van der Waals surface area contributed by atoms with Crippen LogP contribution in [0.3, 0.4) is 0 Å². The Bertz CT molecular complexity index is 5780. The topological polar surface area (TPSA) is 413 Å². The Kier molecular flexibility index (Phi) is 26.0. The number of hydrogen-bond donors (Lipinski definition) is 6. The van der Waals surface area contributed by atoms with Gasteiger partial charge in [0.05, 0.1) is 68.3 Å². The van der Waals surface area contributed by atoms with Gasteiger partial charge in [-0.05, 0) is 370 Å². The van der Waals surface area contributed by atoms with Gasteiger partial charge in [0.25, 0.3) is 0 Å². The molecule has 26 heteroatoms. The first-order valence-corrected chi connectivity index (χ1v) is 37.8. The van der Waals surface area contributed by atoms with Crippen LogP contribution < -0.4 is 30.6 Å². The van der Waals surface area contributed by atoms with Gasteiger partial charge in [0.15, 0.2) is 0 Å². The molecule has 0 saturated carbocycles. The SMILES string of the molecule is CC1=Cc2cc3[nH]c(cc4nc(cc5[nH]c(cc1n2)cc5C)C(C)=C4CCC(=O)[O-])c(CCC(=O)[O-])c3C.CC1=Cc2cc3[nH]c(cc4nc(cc5[nH]c(cc1n2)cc5C)C(C)=C4CCC(=O)[O-])c(CCC(=O)[O-])c3C.CC1=Cc2cc3[nH]c(cc4nc(cc5[nH]c(cc1n2)cc5C)C(C)=C4CCC(=O)[O-])c(CCC(=O)[O-])c3C.[Au+3].[Au+3]. The number of aliphatic carboxylic acids is 6. The third kappa shape index (κ3) is 19.0. The fourth-order valence-electron chi connectivity index (χ4n) is 15.3. The predicted octanol–water partition coefficient (Wildman–Crippen LogP) is 10.9. The third-order valence-corrected chi connectivity index (χ3v) is 21.7. The Balaban J connectivity index is 0.000000170. The number of allylic oxidation sites excluding steroid dienone is 9. The van der Waals surface area contributed by atoms with Gasteiger partial charge in [0.2, 0.25) is 0 Å². The maximum Gasteiger partial charge on any atom is 3.00 e. The molecular formula is C90H84Au2N12O12. The Morgan fingerprint density at radius 1 is 0.259 bits per heavy atom. The van der Waals surface area contributed by atoms with Crippen LogP contribution in [-0.4, -0.2) is 95.6 Å². The molecule has 9 aromatic rings. The van der Waals surface area contributed by atoms with E-state index in [-0.39, 0.29) is 122 Å². The number of nitrogens with one attached hydrogen (secondary N) is 6. The van der Waals surface area contributed by atoms with Crippen molar-refractivity contribution in [3.63, 3.8) is 0 Å². The molecule has 6 aliphatic heterocycles. The Labute approximate surface area is 699 Å². The summed E-state index contributed by atoms with van der Waals surface area (Å²) in [7, 11) is 0. The summed E-state index contributed by atoms with van der Waals surface area (Å²) in [6.45, 7) is 23.8. The zero-order chi connectivity index (χ0) is 81.4. The van der Waals surface area contributed by atoms with Crippen molar-refractivity contribution in [2.45, 2.75) is 160 Å². The monoisotopic (exact) mass is 1920 g/mol. The average Bonchev–Trinajstić information content (AvgIpc) is 1.64. The summed E-state index contributed by atoms with van der Waals surface area (Å²) in [5.74, 6) is -6.74. The molecule has 24 bridgehead atoms. The first-order chi connectivity index (χ1) is 54.3. The molecule has 116 heavy (non-hydrogen) atoms. The largest absolute Gasteiger partial charge is 3.00 e. The molecule has 6 N–H and O–H groups in total. The van der Waals surface area contributed by atoms with Crippen molar-refractivity contribution in [3.05, 3.63) is 209 Å². The molecule has 15 heterocycles. The standard InChI is InChI=1S/3C30H30N4O4.2Au/c3*1-15-9-20-12-25-17(3)21(5-7-29(35)36)27(33-25)14-28-22(6-8-30(37)38)18(4)26(34-28)13-24-16(2)10-19(32-24)11-23(15)31-20;;/h3*9-14,32-33H,5-8H2,1-4H3,(H,35,36)(H,37,38);;/q;;;2*+3/p-6. The van der Waals surface area contributed by atoms with Crippen LogP contribution in [0, 0.1) is 41.5 Å². The van der Waals surface area contributed by atoms with E-state index in [9.17, 15) is 59.4 Å². The van der Waals surface area contributed by atoms with Crippen LogP contribution in [-0.2, 0) is 92.8 Å². The van der Waals surface area contributed by atoms with Crippen molar-refractivity contribution < 1.29 is 104 Å². The van der Waals surface area contributed by atoms with Crippen LogP contribution in [0.5, 0.6) is 0 Å². The molecule has 0 fully saturated rings. The minimum absolute atomic E-state index is 0. The fraction of sp³-hybridized carbons (Fsp3) is 0.267. The van der Waals surface area contributed by atoms with Crippen LogP contribution in [0.15, 0.2) is 91.0 Å². The molecule has 0 aromatic carbocycles. The molecular weight excluding hydrogens is 1830 g/mol. The van der Waals surface area contributed by atoms with Gasteiger partial charge in [0, 0.05) is 102 Å². The molecule has 0 spiro atoms. The van der Waals surface area contributed by atoms with Crippen molar-refractivity contribution in [2.24, 2.45) is 0 Å². The summed E-state index contributed by atoms with van der Waals surface area (Å²) >= 11 is 0. The van der Waals surface area contributed by atoms with Crippen LogP contribution in [0.25, 0.3) is 135 Å². The van der Waals surface area contributed by atoms with E-state index in [0.29, 0.717) is 17.1 Å². The summed E-state index contributed by atoms with van der Waals surface area (Å²) in [5.41, 5.74) is 36.0. The van der Waals surface area contributed by atoms with E-state index in [0.717, 1.165) is 218 Å².